The maximum atomic E-state index is 12.6. The van der Waals surface area contributed by atoms with Crippen LogP contribution < -0.4 is 15.4 Å². The molecule has 0 radical (unpaired) electrons. The number of piperidine rings is 1. The molecule has 0 spiro atoms. The smallest absolute Gasteiger partial charge is 0.265 e. The first-order chi connectivity index (χ1) is 15.2. The van der Waals surface area contributed by atoms with E-state index in [9.17, 15) is 14.4 Å². The van der Waals surface area contributed by atoms with Gasteiger partial charge in [0.1, 0.15) is 5.75 Å². The molecule has 3 rings (SSSR count). The van der Waals surface area contributed by atoms with E-state index in [0.717, 1.165) is 11.1 Å². The van der Waals surface area contributed by atoms with E-state index in [2.05, 4.69) is 24.5 Å². The van der Waals surface area contributed by atoms with Crippen LogP contribution in [-0.4, -0.2) is 23.8 Å². The summed E-state index contributed by atoms with van der Waals surface area (Å²) < 4.78 is 5.84. The minimum Gasteiger partial charge on any atom is -0.481 e. The number of benzene rings is 2. The van der Waals surface area contributed by atoms with Gasteiger partial charge >= 0.3 is 0 Å². The van der Waals surface area contributed by atoms with E-state index in [0.29, 0.717) is 36.6 Å². The Labute approximate surface area is 189 Å². The number of rotatable bonds is 7. The quantitative estimate of drug-likeness (QED) is 0.621. The normalized spacial score (nSPS) is 19.4. The lowest BCUT2D eigenvalue weighted by molar-refractivity contribution is -0.138. The molecule has 1 fully saturated rings. The van der Waals surface area contributed by atoms with Crippen molar-refractivity contribution in [1.82, 2.24) is 5.32 Å². The molecule has 2 aromatic carbocycles. The first kappa shape index (κ1) is 23.5. The summed E-state index contributed by atoms with van der Waals surface area (Å²) in [4.78, 5) is 36.7. The second-order valence-corrected chi connectivity index (χ2v) is 8.81. The first-order valence-corrected chi connectivity index (χ1v) is 11.2. The van der Waals surface area contributed by atoms with Gasteiger partial charge in [-0.1, -0.05) is 39.0 Å². The predicted molar refractivity (Wildman–Crippen MR) is 125 cm³/mol. The summed E-state index contributed by atoms with van der Waals surface area (Å²) in [6, 6.07) is 13.1. The molecule has 2 aromatic rings. The highest BCUT2D eigenvalue weighted by molar-refractivity contribution is 6.03. The Hall–Kier alpha value is -3.15. The Morgan fingerprint density at radius 1 is 1.12 bits per heavy atom. The second kappa shape index (κ2) is 9.55. The predicted octanol–water partition coefficient (Wildman–Crippen LogP) is 4.61. The van der Waals surface area contributed by atoms with Crippen molar-refractivity contribution in [1.29, 1.82) is 0 Å². The number of anilines is 1. The number of carbonyl (C=O) groups excluding carboxylic acids is 3. The summed E-state index contributed by atoms with van der Waals surface area (Å²) in [6.07, 6.45) is 0.734. The molecule has 170 valence electrons. The first-order valence-electron chi connectivity index (χ1n) is 11.2. The van der Waals surface area contributed by atoms with Gasteiger partial charge in [-0.25, -0.2) is 0 Å². The van der Waals surface area contributed by atoms with E-state index >= 15 is 0 Å². The average molecular weight is 437 g/mol. The van der Waals surface area contributed by atoms with Crippen molar-refractivity contribution in [2.45, 2.75) is 71.3 Å². The number of imide groups is 1. The zero-order valence-electron chi connectivity index (χ0n) is 19.5. The highest BCUT2D eigenvalue weighted by Gasteiger charge is 2.42. The van der Waals surface area contributed by atoms with Gasteiger partial charge in [0, 0.05) is 12.1 Å². The van der Waals surface area contributed by atoms with E-state index in [1.807, 2.05) is 44.2 Å². The van der Waals surface area contributed by atoms with Crippen molar-refractivity contribution in [3.05, 3.63) is 59.2 Å². The largest absolute Gasteiger partial charge is 0.481 e. The van der Waals surface area contributed by atoms with Crippen molar-refractivity contribution < 1.29 is 19.1 Å². The molecule has 1 aliphatic heterocycles. The van der Waals surface area contributed by atoms with E-state index in [1.165, 1.54) is 5.56 Å². The van der Waals surface area contributed by atoms with Crippen molar-refractivity contribution >= 4 is 23.4 Å². The number of nitrogens with one attached hydrogen (secondary N) is 2. The fourth-order valence-corrected chi connectivity index (χ4v) is 4.31. The van der Waals surface area contributed by atoms with Gasteiger partial charge in [0.2, 0.25) is 11.8 Å². The Kier molecular flexibility index (Phi) is 7.02. The van der Waals surface area contributed by atoms with Gasteiger partial charge in [0.05, 0.1) is 5.41 Å². The maximum absolute atomic E-state index is 12.6. The summed E-state index contributed by atoms with van der Waals surface area (Å²) in [6.45, 7) is 9.99. The molecule has 1 heterocycles. The van der Waals surface area contributed by atoms with Crippen molar-refractivity contribution in [3.8, 4) is 5.75 Å². The number of aryl methyl sites for hydroxylation is 1. The Morgan fingerprint density at radius 3 is 2.38 bits per heavy atom. The molecule has 2 N–H and O–H groups in total. The third-order valence-corrected chi connectivity index (χ3v) is 6.32. The molecule has 2 unspecified atom stereocenters. The van der Waals surface area contributed by atoms with Gasteiger partial charge in [0.25, 0.3) is 5.91 Å². The number of ether oxygens (including phenoxy) is 1. The van der Waals surface area contributed by atoms with Crippen LogP contribution in [0, 0.1) is 6.92 Å². The molecule has 0 aromatic heterocycles. The summed E-state index contributed by atoms with van der Waals surface area (Å²) in [7, 11) is 0. The van der Waals surface area contributed by atoms with Gasteiger partial charge in [0.15, 0.2) is 6.10 Å². The lowest BCUT2D eigenvalue weighted by Crippen LogP contribution is -2.51. The molecule has 2 atom stereocenters. The molecule has 0 saturated carbocycles. The van der Waals surface area contributed by atoms with Crippen LogP contribution >= 0.6 is 0 Å². The fraction of sp³-hybridized carbons (Fsp3) is 0.423. The molecule has 6 nitrogen and oxygen atoms in total. The molecule has 32 heavy (non-hydrogen) atoms. The fourth-order valence-electron chi connectivity index (χ4n) is 4.31. The lowest BCUT2D eigenvalue weighted by atomic mass is 9.72. The highest BCUT2D eigenvalue weighted by atomic mass is 16.5. The Bertz CT molecular complexity index is 1010. The average Bonchev–Trinajstić information content (AvgIpc) is 2.74. The molecule has 0 bridgehead atoms. The van der Waals surface area contributed by atoms with Crippen LogP contribution in [0.15, 0.2) is 42.5 Å². The third kappa shape index (κ3) is 4.85. The zero-order chi connectivity index (χ0) is 23.5. The van der Waals surface area contributed by atoms with Crippen LogP contribution in [0.2, 0.25) is 0 Å². The second-order valence-electron chi connectivity index (χ2n) is 8.81. The van der Waals surface area contributed by atoms with Gasteiger partial charge in [-0.3, -0.25) is 19.7 Å². The number of amides is 3. The van der Waals surface area contributed by atoms with E-state index < -0.39 is 11.5 Å². The number of hydrogen-bond donors (Lipinski definition) is 2. The molecule has 1 aliphatic rings. The Balaban J connectivity index is 1.66. The minimum atomic E-state index is -0.715. The summed E-state index contributed by atoms with van der Waals surface area (Å²) in [5, 5.41) is 5.32. The molecular weight excluding hydrogens is 404 g/mol. The third-order valence-electron chi connectivity index (χ3n) is 6.32. The standard InChI is InChI=1S/C26H32N2O4/c1-6-26(14-13-23(29)28-25(26)31)19-7-9-20(10-8-19)27-24(30)18(5)32-21-11-12-22(16(2)3)17(4)15-21/h7-12,15-16,18H,6,13-14H2,1-5H3,(H,27,30)(H,28,29,31). The van der Waals surface area contributed by atoms with Crippen LogP contribution in [0.3, 0.4) is 0 Å². The van der Waals surface area contributed by atoms with E-state index in [1.54, 1.807) is 19.1 Å². The van der Waals surface area contributed by atoms with Gasteiger partial charge < -0.3 is 10.1 Å². The number of hydrogen-bond acceptors (Lipinski definition) is 4. The van der Waals surface area contributed by atoms with Gasteiger partial charge in [-0.2, -0.15) is 0 Å². The van der Waals surface area contributed by atoms with Crippen LogP contribution in [0.4, 0.5) is 5.69 Å². The maximum Gasteiger partial charge on any atom is 0.265 e. The van der Waals surface area contributed by atoms with Crippen molar-refractivity contribution in [3.63, 3.8) is 0 Å². The zero-order valence-corrected chi connectivity index (χ0v) is 19.5. The van der Waals surface area contributed by atoms with Crippen LogP contribution in [0.1, 0.15) is 69.6 Å². The van der Waals surface area contributed by atoms with Crippen LogP contribution in [0.25, 0.3) is 0 Å². The van der Waals surface area contributed by atoms with Gasteiger partial charge in [-0.05, 0) is 73.6 Å². The SMILES string of the molecule is CCC1(c2ccc(NC(=O)C(C)Oc3ccc(C(C)C)c(C)c3)cc2)CCC(=O)NC1=O. The Morgan fingerprint density at radius 2 is 1.81 bits per heavy atom. The van der Waals surface area contributed by atoms with Crippen LogP contribution in [0.5, 0.6) is 5.75 Å². The molecule has 6 heteroatoms. The molecule has 0 aliphatic carbocycles. The van der Waals surface area contributed by atoms with Crippen molar-refractivity contribution in [2.75, 3.05) is 5.32 Å². The summed E-state index contributed by atoms with van der Waals surface area (Å²) >= 11 is 0. The van der Waals surface area contributed by atoms with Crippen LogP contribution in [-0.2, 0) is 19.8 Å². The monoisotopic (exact) mass is 436 g/mol. The number of carbonyl (C=O) groups is 3. The topological polar surface area (TPSA) is 84.5 Å². The molecular formula is C26H32N2O4. The molecule has 1 saturated heterocycles. The van der Waals surface area contributed by atoms with Crippen molar-refractivity contribution in [2.24, 2.45) is 0 Å². The molecule has 3 amide bonds. The highest BCUT2D eigenvalue weighted by Crippen LogP contribution is 2.36. The minimum absolute atomic E-state index is 0.231. The summed E-state index contributed by atoms with van der Waals surface area (Å²) in [5.41, 5.74) is 3.15. The van der Waals surface area contributed by atoms with Gasteiger partial charge in [-0.15, -0.1) is 0 Å². The summed E-state index contributed by atoms with van der Waals surface area (Å²) in [5.74, 6) is 0.349. The lowest BCUT2D eigenvalue weighted by Gasteiger charge is -2.35. The van der Waals surface area contributed by atoms with E-state index in [4.69, 9.17) is 4.74 Å². The van der Waals surface area contributed by atoms with E-state index in [-0.39, 0.29) is 17.7 Å².